The summed E-state index contributed by atoms with van der Waals surface area (Å²) < 4.78 is 7.19. The van der Waals surface area contributed by atoms with Gasteiger partial charge in [0.2, 0.25) is 0 Å². The third kappa shape index (κ3) is 3.59. The fourth-order valence-corrected chi connectivity index (χ4v) is 10.9. The van der Waals surface area contributed by atoms with E-state index < -0.39 is 0 Å². The van der Waals surface area contributed by atoms with E-state index in [1.165, 1.54) is 87.1 Å². The molecule has 5 heteroatoms. The maximum Gasteiger partial charge on any atom is 0.165 e. The quantitative estimate of drug-likeness (QED) is 0.177. The van der Waals surface area contributed by atoms with Crippen LogP contribution in [0.3, 0.4) is 0 Å². The van der Waals surface area contributed by atoms with Crippen LogP contribution in [0, 0.1) is 0 Å². The highest BCUT2D eigenvalue weighted by Crippen LogP contribution is 2.48. The van der Waals surface area contributed by atoms with E-state index in [1.54, 1.807) is 0 Å². The average molecular weight is 748 g/mol. The van der Waals surface area contributed by atoms with E-state index in [0.717, 1.165) is 49.8 Å². The van der Waals surface area contributed by atoms with Gasteiger partial charge in [0, 0.05) is 54.3 Å². The molecule has 0 N–H and O–H groups in total. The molecular weight excluding hydrogens is 719 g/mol. The summed E-state index contributed by atoms with van der Waals surface area (Å²) in [5.41, 5.74) is 14.2. The van der Waals surface area contributed by atoms with E-state index in [9.17, 15) is 0 Å². The predicted octanol–water partition coefficient (Wildman–Crippen LogP) is 13.8. The molecule has 15 rings (SSSR count). The SMILES string of the molecule is c1ccc(-n2c3ccccc3c3cc(-c4cccc5c6c7ccccc7cc7c8nc9c(nc8n(c45)c76)c4c5ccccc5cc5c6ccccc6n9c54)ccc32)cc1. The molecule has 0 aliphatic heterocycles. The van der Waals surface area contributed by atoms with Crippen LogP contribution in [0.2, 0.25) is 0 Å². The Hall–Kier alpha value is -8.02. The van der Waals surface area contributed by atoms with Crippen LogP contribution >= 0.6 is 0 Å². The zero-order valence-electron chi connectivity index (χ0n) is 31.5. The number of hydrogen-bond acceptors (Lipinski definition) is 2. The van der Waals surface area contributed by atoms with Gasteiger partial charge in [0.25, 0.3) is 0 Å². The Labute approximate surface area is 334 Å². The van der Waals surface area contributed by atoms with Gasteiger partial charge in [0.05, 0.1) is 33.1 Å². The Morgan fingerprint density at radius 2 is 0.932 bits per heavy atom. The molecule has 0 aliphatic rings. The largest absolute Gasteiger partial charge is 0.309 e. The highest BCUT2D eigenvalue weighted by atomic mass is 15.1. The maximum atomic E-state index is 5.79. The van der Waals surface area contributed by atoms with Crippen molar-refractivity contribution in [2.75, 3.05) is 0 Å². The van der Waals surface area contributed by atoms with Crippen molar-refractivity contribution < 1.29 is 0 Å². The molecule has 0 unspecified atom stereocenters. The van der Waals surface area contributed by atoms with Crippen molar-refractivity contribution in [2.24, 2.45) is 0 Å². The van der Waals surface area contributed by atoms with Crippen molar-refractivity contribution in [3.05, 3.63) is 176 Å². The molecule has 0 amide bonds. The van der Waals surface area contributed by atoms with Crippen LogP contribution < -0.4 is 0 Å². The van der Waals surface area contributed by atoms with Crippen molar-refractivity contribution in [1.82, 2.24) is 23.3 Å². The fourth-order valence-electron chi connectivity index (χ4n) is 10.9. The van der Waals surface area contributed by atoms with Gasteiger partial charge >= 0.3 is 0 Å². The lowest BCUT2D eigenvalue weighted by Crippen LogP contribution is -1.93. The number of rotatable bonds is 2. The van der Waals surface area contributed by atoms with Gasteiger partial charge in [-0.15, -0.1) is 0 Å². The van der Waals surface area contributed by atoms with Gasteiger partial charge in [-0.05, 0) is 75.6 Å². The van der Waals surface area contributed by atoms with E-state index in [1.807, 2.05) is 0 Å². The molecule has 0 saturated carbocycles. The van der Waals surface area contributed by atoms with Crippen molar-refractivity contribution >= 4 is 120 Å². The number of aromatic nitrogens is 5. The zero-order valence-corrected chi connectivity index (χ0v) is 31.5. The molecule has 0 saturated heterocycles. The number of hydrogen-bond donors (Lipinski definition) is 0. The molecule has 15 aromatic rings. The van der Waals surface area contributed by atoms with Gasteiger partial charge in [-0.2, -0.15) is 0 Å². The van der Waals surface area contributed by atoms with Crippen LogP contribution in [0.15, 0.2) is 176 Å². The van der Waals surface area contributed by atoms with Crippen LogP contribution in [-0.4, -0.2) is 23.3 Å². The first-order valence-electron chi connectivity index (χ1n) is 20.3. The summed E-state index contributed by atoms with van der Waals surface area (Å²) in [6.45, 7) is 0. The van der Waals surface area contributed by atoms with Gasteiger partial charge in [0.1, 0.15) is 11.0 Å². The zero-order chi connectivity index (χ0) is 38.1. The highest BCUT2D eigenvalue weighted by molar-refractivity contribution is 6.34. The molecular formula is C54H29N5. The van der Waals surface area contributed by atoms with Gasteiger partial charge in [-0.25, -0.2) is 9.97 Å². The molecule has 270 valence electrons. The second-order valence-corrected chi connectivity index (χ2v) is 16.1. The minimum atomic E-state index is 0.888. The van der Waals surface area contributed by atoms with Gasteiger partial charge < -0.3 is 4.57 Å². The molecule has 6 aromatic heterocycles. The predicted molar refractivity (Wildman–Crippen MR) is 246 cm³/mol. The normalized spacial score (nSPS) is 12.7. The summed E-state index contributed by atoms with van der Waals surface area (Å²) in [4.78, 5) is 11.5. The summed E-state index contributed by atoms with van der Waals surface area (Å²) in [5, 5.41) is 14.6. The van der Waals surface area contributed by atoms with Crippen LogP contribution in [-0.2, 0) is 0 Å². The Balaban J connectivity index is 1.13. The molecule has 0 radical (unpaired) electrons. The van der Waals surface area contributed by atoms with Crippen molar-refractivity contribution in [2.45, 2.75) is 0 Å². The summed E-state index contributed by atoms with van der Waals surface area (Å²) in [6, 6.07) is 64.2. The van der Waals surface area contributed by atoms with E-state index in [-0.39, 0.29) is 0 Å². The molecule has 0 atom stereocenters. The van der Waals surface area contributed by atoms with Crippen molar-refractivity contribution in [3.8, 4) is 16.8 Å². The van der Waals surface area contributed by atoms with Crippen LogP contribution in [0.25, 0.3) is 137 Å². The third-order valence-electron chi connectivity index (χ3n) is 13.2. The standard InChI is InChI=1S/C54H29N5/c1-2-15-33(16-3-1)57-43-23-10-8-19-37(43)40-27-32(25-26-45(40)57)36-21-12-22-39-46-34-17-6-4-14-31(34)29-42-48-53(59(50(36)39)52(42)46)56-49-47-35-18-7-5-13-30(35)28-41-38-20-9-11-24-44(38)58(51(41)47)54(49)55-48/h1-29H. The molecule has 0 spiro atoms. The monoisotopic (exact) mass is 747 g/mol. The number of fused-ring (bicyclic) bond motifs is 19. The lowest BCUT2D eigenvalue weighted by Gasteiger charge is -2.09. The minimum Gasteiger partial charge on any atom is -0.309 e. The van der Waals surface area contributed by atoms with Gasteiger partial charge in [-0.1, -0.05) is 127 Å². The Kier molecular flexibility index (Phi) is 5.36. The van der Waals surface area contributed by atoms with Gasteiger partial charge in [0.15, 0.2) is 11.3 Å². The van der Waals surface area contributed by atoms with Crippen LogP contribution in [0.5, 0.6) is 0 Å². The van der Waals surface area contributed by atoms with Gasteiger partial charge in [-0.3, -0.25) is 8.80 Å². The Morgan fingerprint density at radius 1 is 0.339 bits per heavy atom. The number of para-hydroxylation sites is 4. The number of benzene rings is 9. The lowest BCUT2D eigenvalue weighted by molar-refractivity contribution is 1.18. The van der Waals surface area contributed by atoms with E-state index >= 15 is 0 Å². The first-order chi connectivity index (χ1) is 29.3. The third-order valence-corrected chi connectivity index (χ3v) is 13.2. The molecule has 0 fully saturated rings. The summed E-state index contributed by atoms with van der Waals surface area (Å²) in [6.07, 6.45) is 0. The Bertz CT molecular complexity index is 4300. The summed E-state index contributed by atoms with van der Waals surface area (Å²) >= 11 is 0. The Morgan fingerprint density at radius 3 is 1.75 bits per heavy atom. The molecule has 6 heterocycles. The van der Waals surface area contributed by atoms with Crippen molar-refractivity contribution in [3.63, 3.8) is 0 Å². The van der Waals surface area contributed by atoms with E-state index in [2.05, 4.69) is 189 Å². The minimum absolute atomic E-state index is 0.888. The fraction of sp³-hybridized carbons (Fsp3) is 0. The average Bonchev–Trinajstić information content (AvgIpc) is 4.08. The smallest absolute Gasteiger partial charge is 0.165 e. The lowest BCUT2D eigenvalue weighted by atomic mass is 9.97. The second kappa shape index (κ2) is 10.5. The van der Waals surface area contributed by atoms with E-state index in [4.69, 9.17) is 9.97 Å². The maximum absolute atomic E-state index is 5.79. The first-order valence-corrected chi connectivity index (χ1v) is 20.3. The highest BCUT2D eigenvalue weighted by Gasteiger charge is 2.27. The summed E-state index contributed by atoms with van der Waals surface area (Å²) in [5.74, 6) is 0. The molecule has 0 bridgehead atoms. The van der Waals surface area contributed by atoms with Crippen LogP contribution in [0.4, 0.5) is 0 Å². The van der Waals surface area contributed by atoms with Crippen molar-refractivity contribution in [1.29, 1.82) is 0 Å². The molecule has 5 nitrogen and oxygen atoms in total. The van der Waals surface area contributed by atoms with E-state index in [0.29, 0.717) is 0 Å². The molecule has 59 heavy (non-hydrogen) atoms. The molecule has 9 aromatic carbocycles. The molecule has 0 aliphatic carbocycles. The first kappa shape index (κ1) is 30.2. The topological polar surface area (TPSA) is 39.5 Å². The second-order valence-electron chi connectivity index (χ2n) is 16.1. The van der Waals surface area contributed by atoms with Crippen LogP contribution in [0.1, 0.15) is 0 Å². The summed E-state index contributed by atoms with van der Waals surface area (Å²) in [7, 11) is 0. The number of nitrogens with zero attached hydrogens (tertiary/aromatic N) is 5.